The Labute approximate surface area is 213 Å². The Morgan fingerprint density at radius 3 is 2.17 bits per heavy atom. The molecule has 0 aliphatic carbocycles. The number of nitrogens with one attached hydrogen (secondary N) is 1. The number of rotatable bonds is 7. The Morgan fingerprint density at radius 1 is 0.917 bits per heavy atom. The molecule has 0 fully saturated rings. The first-order valence-corrected chi connectivity index (χ1v) is 12.4. The number of methoxy groups -OCH3 is 2. The van der Waals surface area contributed by atoms with Crippen LogP contribution in [0.2, 0.25) is 5.02 Å². The number of hydrogen-bond acceptors (Lipinski definition) is 7. The largest absolute Gasteiger partial charge is 0.493 e. The second-order valence-corrected chi connectivity index (χ2v) is 9.75. The molecular formula is C26H21ClN4O4S. The molecule has 0 bridgehead atoms. The van der Waals surface area contributed by atoms with Gasteiger partial charge in [-0.25, -0.2) is 13.4 Å². The maximum atomic E-state index is 12.6. The van der Waals surface area contributed by atoms with Gasteiger partial charge in [0.2, 0.25) is 0 Å². The van der Waals surface area contributed by atoms with Gasteiger partial charge in [-0.15, -0.1) is 0 Å². The number of ether oxygens (including phenoxy) is 2. The number of nitrogens with two attached hydrogens (primary N) is 1. The molecule has 36 heavy (non-hydrogen) atoms. The van der Waals surface area contributed by atoms with Crippen LogP contribution in [0.5, 0.6) is 11.5 Å². The van der Waals surface area contributed by atoms with Crippen LogP contribution >= 0.6 is 11.6 Å². The van der Waals surface area contributed by atoms with Gasteiger partial charge < -0.3 is 15.2 Å². The molecular weight excluding hydrogens is 500 g/mol. The summed E-state index contributed by atoms with van der Waals surface area (Å²) in [5.41, 5.74) is 9.21. The monoisotopic (exact) mass is 520 g/mol. The van der Waals surface area contributed by atoms with Crippen LogP contribution in [-0.4, -0.2) is 27.6 Å². The smallest absolute Gasteiger partial charge is 0.261 e. The molecule has 3 N–H and O–H groups in total. The number of anilines is 2. The Balaban J connectivity index is 1.68. The summed E-state index contributed by atoms with van der Waals surface area (Å²) in [4.78, 5) is 4.48. The summed E-state index contributed by atoms with van der Waals surface area (Å²) in [6.45, 7) is 0. The van der Waals surface area contributed by atoms with E-state index in [1.165, 1.54) is 31.4 Å². The van der Waals surface area contributed by atoms with Gasteiger partial charge in [0.15, 0.2) is 11.5 Å². The summed E-state index contributed by atoms with van der Waals surface area (Å²) >= 11 is 5.85. The number of aromatic nitrogens is 1. The summed E-state index contributed by atoms with van der Waals surface area (Å²) in [5.74, 6) is 1.14. The minimum Gasteiger partial charge on any atom is -0.493 e. The van der Waals surface area contributed by atoms with E-state index in [-0.39, 0.29) is 16.3 Å². The van der Waals surface area contributed by atoms with Crippen LogP contribution in [0.1, 0.15) is 5.56 Å². The van der Waals surface area contributed by atoms with Crippen molar-refractivity contribution in [3.8, 4) is 40.0 Å². The molecule has 1 aromatic heterocycles. The van der Waals surface area contributed by atoms with Crippen LogP contribution in [0.4, 0.5) is 11.5 Å². The van der Waals surface area contributed by atoms with Gasteiger partial charge in [0.1, 0.15) is 17.5 Å². The van der Waals surface area contributed by atoms with Crippen LogP contribution in [-0.2, 0) is 10.0 Å². The van der Waals surface area contributed by atoms with Crippen molar-refractivity contribution in [1.82, 2.24) is 4.98 Å². The van der Waals surface area contributed by atoms with Gasteiger partial charge in [-0.2, -0.15) is 5.26 Å². The maximum Gasteiger partial charge on any atom is 0.261 e. The molecule has 1 heterocycles. The van der Waals surface area contributed by atoms with E-state index in [0.717, 1.165) is 0 Å². The Hall–Kier alpha value is -4.26. The van der Waals surface area contributed by atoms with E-state index in [0.29, 0.717) is 44.6 Å². The topological polar surface area (TPSA) is 127 Å². The van der Waals surface area contributed by atoms with Crippen LogP contribution in [0, 0.1) is 11.3 Å². The molecule has 4 rings (SSSR count). The lowest BCUT2D eigenvalue weighted by molar-refractivity contribution is 0.355. The lowest BCUT2D eigenvalue weighted by Gasteiger charge is -2.13. The second-order valence-electron chi connectivity index (χ2n) is 7.63. The van der Waals surface area contributed by atoms with Crippen LogP contribution in [0.25, 0.3) is 22.4 Å². The summed E-state index contributed by atoms with van der Waals surface area (Å²) in [5, 5.41) is 10.1. The highest BCUT2D eigenvalue weighted by Gasteiger charge is 2.17. The number of hydrogen-bond donors (Lipinski definition) is 2. The van der Waals surface area contributed by atoms with E-state index in [2.05, 4.69) is 15.8 Å². The molecule has 0 saturated carbocycles. The van der Waals surface area contributed by atoms with E-state index >= 15 is 0 Å². The summed E-state index contributed by atoms with van der Waals surface area (Å²) in [7, 11) is -0.710. The van der Waals surface area contributed by atoms with E-state index < -0.39 is 10.0 Å². The standard InChI is InChI=1S/C26H21ClN4O4S/c1-34-24-12-5-17(13-25(24)35-2)21-14-23(30-26(29)22(21)15-28)16-3-8-19(9-4-16)31-36(32,33)20-10-6-18(27)7-11-20/h3-14,31H,1-2H3,(H2,29,30). The summed E-state index contributed by atoms with van der Waals surface area (Å²) in [6, 6.07) is 21.7. The number of benzene rings is 3. The molecule has 4 aromatic rings. The first-order chi connectivity index (χ1) is 17.2. The van der Waals surface area contributed by atoms with Crippen molar-refractivity contribution in [2.45, 2.75) is 4.90 Å². The molecule has 0 saturated heterocycles. The highest BCUT2D eigenvalue weighted by Crippen LogP contribution is 2.36. The van der Waals surface area contributed by atoms with Gasteiger partial charge in [-0.1, -0.05) is 29.8 Å². The Bertz CT molecular complexity index is 1570. The third-order valence-corrected chi connectivity index (χ3v) is 7.06. The number of sulfonamides is 1. The van der Waals surface area contributed by atoms with Crippen molar-refractivity contribution in [2.75, 3.05) is 24.7 Å². The predicted molar refractivity (Wildman–Crippen MR) is 140 cm³/mol. The Morgan fingerprint density at radius 2 is 1.56 bits per heavy atom. The van der Waals surface area contributed by atoms with Crippen LogP contribution in [0.3, 0.4) is 0 Å². The van der Waals surface area contributed by atoms with Crippen molar-refractivity contribution < 1.29 is 17.9 Å². The van der Waals surface area contributed by atoms with E-state index in [9.17, 15) is 13.7 Å². The van der Waals surface area contributed by atoms with Gasteiger partial charge in [-0.3, -0.25) is 4.72 Å². The lowest BCUT2D eigenvalue weighted by atomic mass is 9.98. The van der Waals surface area contributed by atoms with Crippen molar-refractivity contribution in [3.63, 3.8) is 0 Å². The summed E-state index contributed by atoms with van der Waals surface area (Å²) < 4.78 is 38.5. The average molecular weight is 521 g/mol. The van der Waals surface area contributed by atoms with Gasteiger partial charge >= 0.3 is 0 Å². The fourth-order valence-electron chi connectivity index (χ4n) is 3.60. The molecule has 0 spiro atoms. The zero-order chi connectivity index (χ0) is 25.9. The number of nitrogens with zero attached hydrogens (tertiary/aromatic N) is 2. The molecule has 182 valence electrons. The molecule has 0 aliphatic rings. The molecule has 0 aliphatic heterocycles. The van der Waals surface area contributed by atoms with Gasteiger partial charge in [0, 0.05) is 21.8 Å². The Kier molecular flexibility index (Phi) is 7.01. The first kappa shape index (κ1) is 24.9. The molecule has 3 aromatic carbocycles. The molecule has 0 radical (unpaired) electrons. The predicted octanol–water partition coefficient (Wildman–Crippen LogP) is 5.34. The minimum absolute atomic E-state index is 0.0762. The number of halogens is 1. The molecule has 8 nitrogen and oxygen atoms in total. The fourth-order valence-corrected chi connectivity index (χ4v) is 4.78. The third kappa shape index (κ3) is 5.05. The van der Waals surface area contributed by atoms with Crippen molar-refractivity contribution in [2.24, 2.45) is 0 Å². The van der Waals surface area contributed by atoms with Gasteiger partial charge in [-0.05, 0) is 60.2 Å². The maximum absolute atomic E-state index is 12.6. The zero-order valence-corrected chi connectivity index (χ0v) is 20.9. The molecule has 10 heteroatoms. The number of nitriles is 1. The van der Waals surface area contributed by atoms with Gasteiger partial charge in [0.05, 0.1) is 24.8 Å². The van der Waals surface area contributed by atoms with E-state index in [1.807, 2.05) is 0 Å². The molecule has 0 unspecified atom stereocenters. The van der Waals surface area contributed by atoms with Crippen LogP contribution in [0.15, 0.2) is 77.7 Å². The van der Waals surface area contributed by atoms with Crippen molar-refractivity contribution >= 4 is 33.1 Å². The third-order valence-electron chi connectivity index (χ3n) is 5.41. The normalized spacial score (nSPS) is 10.9. The highest BCUT2D eigenvalue weighted by molar-refractivity contribution is 7.92. The van der Waals surface area contributed by atoms with Crippen LogP contribution < -0.4 is 19.9 Å². The fraction of sp³-hybridized carbons (Fsp3) is 0.0769. The number of nitrogen functional groups attached to an aromatic ring is 1. The first-order valence-electron chi connectivity index (χ1n) is 10.6. The SMILES string of the molecule is COc1ccc(-c2cc(-c3ccc(NS(=O)(=O)c4ccc(Cl)cc4)cc3)nc(N)c2C#N)cc1OC. The minimum atomic E-state index is -3.78. The van der Waals surface area contributed by atoms with E-state index in [4.69, 9.17) is 26.8 Å². The van der Waals surface area contributed by atoms with Crippen molar-refractivity contribution in [1.29, 1.82) is 5.26 Å². The zero-order valence-electron chi connectivity index (χ0n) is 19.3. The summed E-state index contributed by atoms with van der Waals surface area (Å²) in [6.07, 6.45) is 0. The molecule has 0 atom stereocenters. The highest BCUT2D eigenvalue weighted by atomic mass is 35.5. The number of pyridine rings is 1. The van der Waals surface area contributed by atoms with E-state index in [1.54, 1.807) is 55.6 Å². The van der Waals surface area contributed by atoms with Crippen molar-refractivity contribution in [3.05, 3.63) is 83.4 Å². The molecule has 0 amide bonds. The van der Waals surface area contributed by atoms with Gasteiger partial charge in [0.25, 0.3) is 10.0 Å². The second kappa shape index (κ2) is 10.2. The quantitative estimate of drug-likeness (QED) is 0.336. The average Bonchev–Trinajstić information content (AvgIpc) is 2.88. The lowest BCUT2D eigenvalue weighted by Crippen LogP contribution is -2.12.